The standard InChI is InChI=1S/C34H39Cl2N3O3/c1-3-4-8-25-11-14-27(15-12-25)34(41)39(18-7-20-42-2)24-33(40)38(23-26-13-16-30(35)31(36)21-26)19-17-28-22-37-32-10-6-5-9-29(28)32/h5-6,9-16,21-22,37H,3-4,7-8,17-20,23-24H2,1-2H3. The molecule has 6 nitrogen and oxygen atoms in total. The van der Waals surface area contributed by atoms with Gasteiger partial charge in [0, 0.05) is 56.0 Å². The van der Waals surface area contributed by atoms with E-state index in [0.717, 1.165) is 41.3 Å². The summed E-state index contributed by atoms with van der Waals surface area (Å²) in [4.78, 5) is 34.3. The summed E-state index contributed by atoms with van der Waals surface area (Å²) >= 11 is 12.5. The lowest BCUT2D eigenvalue weighted by atomic mass is 10.1. The molecule has 1 heterocycles. The minimum absolute atomic E-state index is 0.0324. The largest absolute Gasteiger partial charge is 0.385 e. The molecule has 0 saturated heterocycles. The molecule has 0 saturated carbocycles. The third kappa shape index (κ3) is 8.60. The van der Waals surface area contributed by atoms with Crippen molar-refractivity contribution in [1.29, 1.82) is 0 Å². The van der Waals surface area contributed by atoms with E-state index in [9.17, 15) is 9.59 Å². The Labute approximate surface area is 258 Å². The van der Waals surface area contributed by atoms with E-state index in [-0.39, 0.29) is 18.4 Å². The molecule has 0 unspecified atom stereocenters. The lowest BCUT2D eigenvalue weighted by Crippen LogP contribution is -2.44. The first-order valence-electron chi connectivity index (χ1n) is 14.5. The molecule has 0 radical (unpaired) electrons. The van der Waals surface area contributed by atoms with E-state index in [1.54, 1.807) is 29.0 Å². The van der Waals surface area contributed by atoms with Gasteiger partial charge in [0.1, 0.15) is 6.54 Å². The Morgan fingerprint density at radius 1 is 0.857 bits per heavy atom. The zero-order valence-electron chi connectivity index (χ0n) is 24.4. The maximum atomic E-state index is 13.9. The molecular weight excluding hydrogens is 569 g/mol. The molecular formula is C34H39Cl2N3O3. The minimum Gasteiger partial charge on any atom is -0.385 e. The molecule has 2 amide bonds. The van der Waals surface area contributed by atoms with E-state index in [1.807, 2.05) is 54.7 Å². The number of hydrogen-bond acceptors (Lipinski definition) is 3. The summed E-state index contributed by atoms with van der Waals surface area (Å²) in [6.07, 6.45) is 6.51. The van der Waals surface area contributed by atoms with Crippen molar-refractivity contribution < 1.29 is 14.3 Å². The van der Waals surface area contributed by atoms with Gasteiger partial charge in [-0.3, -0.25) is 9.59 Å². The lowest BCUT2D eigenvalue weighted by molar-refractivity contribution is -0.132. The van der Waals surface area contributed by atoms with Gasteiger partial charge in [-0.1, -0.05) is 72.9 Å². The number of nitrogens with one attached hydrogen (secondary N) is 1. The number of H-pyrrole nitrogens is 1. The number of aromatic amines is 1. The number of hydrogen-bond donors (Lipinski definition) is 1. The highest BCUT2D eigenvalue weighted by Crippen LogP contribution is 2.24. The van der Waals surface area contributed by atoms with Crippen LogP contribution in [0, 0.1) is 0 Å². The van der Waals surface area contributed by atoms with E-state index in [4.69, 9.17) is 27.9 Å². The molecule has 1 aromatic heterocycles. The molecule has 42 heavy (non-hydrogen) atoms. The molecule has 0 aliphatic carbocycles. The Balaban J connectivity index is 1.54. The second kappa shape index (κ2) is 15.8. The van der Waals surface area contributed by atoms with E-state index in [1.165, 1.54) is 5.56 Å². The number of ether oxygens (including phenoxy) is 1. The smallest absolute Gasteiger partial charge is 0.254 e. The lowest BCUT2D eigenvalue weighted by Gasteiger charge is -2.28. The number of benzene rings is 3. The van der Waals surface area contributed by atoms with Crippen LogP contribution in [0.1, 0.15) is 53.2 Å². The van der Waals surface area contributed by atoms with Crippen LogP contribution in [0.3, 0.4) is 0 Å². The fraction of sp³-hybridized carbons (Fsp3) is 0.353. The fourth-order valence-electron chi connectivity index (χ4n) is 5.04. The van der Waals surface area contributed by atoms with Crippen molar-refractivity contribution in [3.8, 4) is 0 Å². The highest BCUT2D eigenvalue weighted by Gasteiger charge is 2.23. The summed E-state index contributed by atoms with van der Waals surface area (Å²) in [5, 5.41) is 2.04. The van der Waals surface area contributed by atoms with Crippen molar-refractivity contribution in [2.45, 2.75) is 45.6 Å². The van der Waals surface area contributed by atoms with Crippen molar-refractivity contribution >= 4 is 45.9 Å². The Kier molecular flexibility index (Phi) is 11.9. The predicted molar refractivity (Wildman–Crippen MR) is 171 cm³/mol. The molecule has 1 N–H and O–H groups in total. The van der Waals surface area contributed by atoms with Crippen LogP contribution < -0.4 is 0 Å². The Hall–Kier alpha value is -3.32. The van der Waals surface area contributed by atoms with E-state index in [2.05, 4.69) is 18.0 Å². The predicted octanol–water partition coefficient (Wildman–Crippen LogP) is 7.57. The van der Waals surface area contributed by atoms with Crippen LogP contribution in [0.4, 0.5) is 0 Å². The van der Waals surface area contributed by atoms with E-state index in [0.29, 0.717) is 54.7 Å². The number of halogens is 2. The Morgan fingerprint density at radius 2 is 1.62 bits per heavy atom. The number of amides is 2. The van der Waals surface area contributed by atoms with Crippen LogP contribution in [-0.4, -0.2) is 59.9 Å². The molecule has 4 rings (SSSR count). The van der Waals surface area contributed by atoms with Gasteiger partial charge < -0.3 is 19.5 Å². The highest BCUT2D eigenvalue weighted by atomic mass is 35.5. The van der Waals surface area contributed by atoms with Crippen LogP contribution in [0.15, 0.2) is 72.9 Å². The first-order chi connectivity index (χ1) is 20.4. The number of unbranched alkanes of at least 4 members (excludes halogenated alkanes) is 1. The molecule has 3 aromatic carbocycles. The van der Waals surface area contributed by atoms with Gasteiger partial charge in [0.25, 0.3) is 5.91 Å². The van der Waals surface area contributed by atoms with Crippen LogP contribution in [0.25, 0.3) is 10.9 Å². The quantitative estimate of drug-likeness (QED) is 0.142. The maximum absolute atomic E-state index is 13.9. The van der Waals surface area contributed by atoms with E-state index < -0.39 is 0 Å². The van der Waals surface area contributed by atoms with Gasteiger partial charge in [-0.2, -0.15) is 0 Å². The number of carbonyl (C=O) groups excluding carboxylic acids is 2. The van der Waals surface area contributed by atoms with Gasteiger partial charge >= 0.3 is 0 Å². The number of rotatable bonds is 15. The fourth-order valence-corrected chi connectivity index (χ4v) is 5.36. The third-order valence-corrected chi connectivity index (χ3v) is 8.18. The van der Waals surface area contributed by atoms with Crippen molar-refractivity contribution in [2.24, 2.45) is 0 Å². The summed E-state index contributed by atoms with van der Waals surface area (Å²) in [6.45, 7) is 3.88. The van der Waals surface area contributed by atoms with Gasteiger partial charge in [-0.05, 0) is 72.7 Å². The van der Waals surface area contributed by atoms with Crippen molar-refractivity contribution in [1.82, 2.24) is 14.8 Å². The third-order valence-electron chi connectivity index (χ3n) is 7.45. The number of carbonyl (C=O) groups is 2. The first kappa shape index (κ1) is 31.6. The topological polar surface area (TPSA) is 65.6 Å². The van der Waals surface area contributed by atoms with E-state index >= 15 is 0 Å². The van der Waals surface area contributed by atoms with Crippen LogP contribution >= 0.6 is 23.2 Å². The first-order valence-corrected chi connectivity index (χ1v) is 15.3. The number of nitrogens with zero attached hydrogens (tertiary/aromatic N) is 2. The van der Waals surface area contributed by atoms with Gasteiger partial charge in [0.05, 0.1) is 10.0 Å². The molecule has 0 aliphatic rings. The second-order valence-corrected chi connectivity index (χ2v) is 11.4. The molecule has 0 atom stereocenters. The maximum Gasteiger partial charge on any atom is 0.254 e. The molecule has 4 aromatic rings. The van der Waals surface area contributed by atoms with Gasteiger partial charge in [0.15, 0.2) is 0 Å². The molecule has 0 spiro atoms. The van der Waals surface area contributed by atoms with Crippen molar-refractivity contribution in [3.63, 3.8) is 0 Å². The minimum atomic E-state index is -0.160. The number of fused-ring (bicyclic) bond motifs is 1. The zero-order valence-corrected chi connectivity index (χ0v) is 25.9. The molecule has 0 bridgehead atoms. The Morgan fingerprint density at radius 3 is 2.36 bits per heavy atom. The van der Waals surface area contributed by atoms with Crippen molar-refractivity contribution in [2.75, 3.05) is 33.4 Å². The van der Waals surface area contributed by atoms with Gasteiger partial charge in [-0.15, -0.1) is 0 Å². The summed E-state index contributed by atoms with van der Waals surface area (Å²) in [5.41, 5.74) is 4.85. The number of methoxy groups -OCH3 is 1. The summed E-state index contributed by atoms with van der Waals surface area (Å²) < 4.78 is 5.24. The van der Waals surface area contributed by atoms with Crippen LogP contribution in [-0.2, 0) is 28.9 Å². The molecule has 222 valence electrons. The molecule has 0 fully saturated rings. The monoisotopic (exact) mass is 607 g/mol. The summed E-state index contributed by atoms with van der Waals surface area (Å²) in [5.74, 6) is -0.293. The summed E-state index contributed by atoms with van der Waals surface area (Å²) in [6, 6.07) is 21.3. The van der Waals surface area contributed by atoms with Crippen molar-refractivity contribution in [3.05, 3.63) is 105 Å². The average molecular weight is 609 g/mol. The summed E-state index contributed by atoms with van der Waals surface area (Å²) in [7, 11) is 1.63. The van der Waals surface area contributed by atoms with Crippen LogP contribution in [0.5, 0.6) is 0 Å². The van der Waals surface area contributed by atoms with Gasteiger partial charge in [-0.25, -0.2) is 0 Å². The molecule has 8 heteroatoms. The zero-order chi connectivity index (χ0) is 29.9. The second-order valence-electron chi connectivity index (χ2n) is 10.5. The van der Waals surface area contributed by atoms with Gasteiger partial charge in [0.2, 0.25) is 5.91 Å². The SMILES string of the molecule is CCCCc1ccc(C(=O)N(CCCOC)CC(=O)N(CCc2c[nH]c3ccccc23)Cc2ccc(Cl)c(Cl)c2)cc1. The Bertz CT molecular complexity index is 1470. The number of para-hydroxylation sites is 1. The number of aryl methyl sites for hydroxylation is 1. The highest BCUT2D eigenvalue weighted by molar-refractivity contribution is 6.42. The normalized spacial score (nSPS) is 11.1. The molecule has 0 aliphatic heterocycles. The average Bonchev–Trinajstić information content (AvgIpc) is 3.42. The van der Waals surface area contributed by atoms with Crippen LogP contribution in [0.2, 0.25) is 10.0 Å². The number of aromatic nitrogens is 1.